The second kappa shape index (κ2) is 6.98. The molecule has 1 aromatic carbocycles. The Morgan fingerprint density at radius 2 is 1.71 bits per heavy atom. The molecular weight excluding hydrogens is 354 g/mol. The fourth-order valence-corrected chi connectivity index (χ4v) is 4.62. The molecule has 7 nitrogen and oxygen atoms in total. The van der Waals surface area contributed by atoms with Gasteiger partial charge in [-0.15, -0.1) is 0 Å². The van der Waals surface area contributed by atoms with E-state index in [0.29, 0.717) is 18.5 Å². The maximum absolute atomic E-state index is 12.6. The van der Waals surface area contributed by atoms with Crippen molar-refractivity contribution in [2.75, 3.05) is 25.5 Å². The fourth-order valence-electron chi connectivity index (χ4n) is 4.62. The summed E-state index contributed by atoms with van der Waals surface area (Å²) in [7, 11) is 4.27. The molecule has 2 aromatic rings. The Morgan fingerprint density at radius 1 is 1.07 bits per heavy atom. The van der Waals surface area contributed by atoms with Crippen LogP contribution in [0.5, 0.6) is 0 Å². The Kier molecular flexibility index (Phi) is 4.63. The van der Waals surface area contributed by atoms with Crippen LogP contribution in [0, 0.1) is 0 Å². The lowest BCUT2D eigenvalue weighted by Gasteiger charge is -2.48. The summed E-state index contributed by atoms with van der Waals surface area (Å²) in [5, 5.41) is 3.22. The van der Waals surface area contributed by atoms with Gasteiger partial charge in [0.15, 0.2) is 12.1 Å². The van der Waals surface area contributed by atoms with E-state index >= 15 is 0 Å². The van der Waals surface area contributed by atoms with Crippen molar-refractivity contribution in [3.05, 3.63) is 54.1 Å². The van der Waals surface area contributed by atoms with E-state index in [1.807, 2.05) is 6.07 Å². The summed E-state index contributed by atoms with van der Waals surface area (Å²) in [6.45, 7) is 0.591. The lowest BCUT2D eigenvalue weighted by atomic mass is 9.69. The molecule has 1 aromatic heterocycles. The van der Waals surface area contributed by atoms with Crippen molar-refractivity contribution in [1.29, 1.82) is 0 Å². The van der Waals surface area contributed by atoms with Crippen molar-refractivity contribution >= 4 is 18.0 Å². The molecule has 1 aliphatic carbocycles. The Labute approximate surface area is 164 Å². The number of aldehydes is 1. The molecule has 0 bridgehead atoms. The lowest BCUT2D eigenvalue weighted by Crippen LogP contribution is -2.54. The molecule has 2 fully saturated rings. The number of urea groups is 1. The number of hydrogen-bond acceptors (Lipinski definition) is 5. The van der Waals surface area contributed by atoms with Crippen LogP contribution in [0.1, 0.15) is 41.9 Å². The van der Waals surface area contributed by atoms with Crippen LogP contribution in [0.2, 0.25) is 0 Å². The van der Waals surface area contributed by atoms with Gasteiger partial charge in [0.05, 0.1) is 30.2 Å². The van der Waals surface area contributed by atoms with Crippen LogP contribution in [-0.2, 0) is 5.54 Å². The Bertz CT molecular complexity index is 858. The third-order valence-corrected chi connectivity index (χ3v) is 6.35. The normalized spacial score (nSPS) is 27.2. The third kappa shape index (κ3) is 3.05. The Balaban J connectivity index is 1.53. The molecule has 0 unspecified atom stereocenters. The molecule has 1 N–H and O–H groups in total. The predicted molar refractivity (Wildman–Crippen MR) is 106 cm³/mol. The van der Waals surface area contributed by atoms with Gasteiger partial charge in [-0.1, -0.05) is 30.3 Å². The van der Waals surface area contributed by atoms with Crippen molar-refractivity contribution in [2.45, 2.75) is 36.8 Å². The highest BCUT2D eigenvalue weighted by Gasteiger charge is 2.50. The van der Waals surface area contributed by atoms with Crippen molar-refractivity contribution < 1.29 is 9.59 Å². The van der Waals surface area contributed by atoms with Crippen LogP contribution in [-0.4, -0.2) is 53.4 Å². The van der Waals surface area contributed by atoms with Crippen LogP contribution < -0.4 is 10.2 Å². The average molecular weight is 379 g/mol. The smallest absolute Gasteiger partial charge is 0.322 e. The number of nitrogens with zero attached hydrogens (tertiary/aromatic N) is 4. The highest BCUT2D eigenvalue weighted by molar-refractivity contribution is 5.95. The summed E-state index contributed by atoms with van der Waals surface area (Å²) >= 11 is 0. The maximum atomic E-state index is 12.6. The number of aromatic nitrogens is 2. The van der Waals surface area contributed by atoms with Gasteiger partial charge in [-0.05, 0) is 45.3 Å². The van der Waals surface area contributed by atoms with Gasteiger partial charge in [0.2, 0.25) is 0 Å². The first-order valence-electron chi connectivity index (χ1n) is 9.58. The first-order chi connectivity index (χ1) is 13.5. The van der Waals surface area contributed by atoms with Gasteiger partial charge in [0, 0.05) is 5.54 Å². The molecule has 4 rings (SSSR count). The molecule has 1 saturated heterocycles. The SMILES string of the molecule is CN(C)C1(c2ccccc2)CCC2(CC1)CN(c1cnc(C=O)nc1)C(=O)N2. The molecule has 28 heavy (non-hydrogen) atoms. The highest BCUT2D eigenvalue weighted by Crippen LogP contribution is 2.46. The first-order valence-corrected chi connectivity index (χ1v) is 9.58. The first kappa shape index (κ1) is 18.6. The minimum Gasteiger partial charge on any atom is -0.330 e. The van der Waals surface area contributed by atoms with Crippen LogP contribution in [0.4, 0.5) is 10.5 Å². The van der Waals surface area contributed by atoms with Gasteiger partial charge in [-0.3, -0.25) is 14.6 Å². The quantitative estimate of drug-likeness (QED) is 0.826. The molecule has 146 valence electrons. The molecular formula is C21H25N5O2. The number of carbonyl (C=O) groups is 2. The van der Waals surface area contributed by atoms with Crippen molar-refractivity contribution in [1.82, 2.24) is 20.2 Å². The molecule has 2 aliphatic rings. The molecule has 1 aliphatic heterocycles. The second-order valence-electron chi connectivity index (χ2n) is 8.01. The van der Waals surface area contributed by atoms with E-state index in [2.05, 4.69) is 58.5 Å². The summed E-state index contributed by atoms with van der Waals surface area (Å²) in [6, 6.07) is 10.5. The van der Waals surface area contributed by atoms with E-state index in [-0.39, 0.29) is 22.9 Å². The minimum absolute atomic E-state index is 0.0145. The van der Waals surface area contributed by atoms with E-state index in [0.717, 1.165) is 25.7 Å². The van der Waals surface area contributed by atoms with Crippen molar-refractivity contribution in [2.24, 2.45) is 0 Å². The van der Waals surface area contributed by atoms with Gasteiger partial charge in [0.1, 0.15) is 0 Å². The zero-order chi connectivity index (χ0) is 19.8. The van der Waals surface area contributed by atoms with Crippen molar-refractivity contribution in [3.8, 4) is 0 Å². The summed E-state index contributed by atoms with van der Waals surface area (Å²) < 4.78 is 0. The summed E-state index contributed by atoms with van der Waals surface area (Å²) in [4.78, 5) is 35.4. The van der Waals surface area contributed by atoms with E-state index in [4.69, 9.17) is 0 Å². The van der Waals surface area contributed by atoms with Gasteiger partial charge >= 0.3 is 6.03 Å². The molecule has 2 heterocycles. The van der Waals surface area contributed by atoms with E-state index in [1.165, 1.54) is 18.0 Å². The van der Waals surface area contributed by atoms with Gasteiger partial charge < -0.3 is 5.32 Å². The zero-order valence-electron chi connectivity index (χ0n) is 16.3. The van der Waals surface area contributed by atoms with Crippen molar-refractivity contribution in [3.63, 3.8) is 0 Å². The zero-order valence-corrected chi connectivity index (χ0v) is 16.3. The standard InChI is InChI=1S/C21H25N5O2/c1-25(2)21(16-6-4-3-5-7-16)10-8-20(9-11-21)15-26(19(28)24-20)17-12-22-18(14-27)23-13-17/h3-7,12-14H,8-11,15H2,1-2H3,(H,24,28). The molecule has 0 radical (unpaired) electrons. The third-order valence-electron chi connectivity index (χ3n) is 6.35. The van der Waals surface area contributed by atoms with Gasteiger partial charge in [0.25, 0.3) is 0 Å². The molecule has 0 atom stereocenters. The Morgan fingerprint density at radius 3 is 2.29 bits per heavy atom. The van der Waals surface area contributed by atoms with Crippen LogP contribution in [0.3, 0.4) is 0 Å². The van der Waals surface area contributed by atoms with Crippen LogP contribution in [0.25, 0.3) is 0 Å². The molecule has 2 amide bonds. The molecule has 1 spiro atoms. The fraction of sp³-hybridized carbons (Fsp3) is 0.429. The monoisotopic (exact) mass is 379 g/mol. The van der Waals surface area contributed by atoms with Crippen LogP contribution >= 0.6 is 0 Å². The number of hydrogen-bond donors (Lipinski definition) is 1. The number of benzene rings is 1. The van der Waals surface area contributed by atoms with Gasteiger partial charge in [-0.2, -0.15) is 0 Å². The van der Waals surface area contributed by atoms with Crippen LogP contribution in [0.15, 0.2) is 42.7 Å². The maximum Gasteiger partial charge on any atom is 0.322 e. The topological polar surface area (TPSA) is 78.4 Å². The molecule has 1 saturated carbocycles. The lowest BCUT2D eigenvalue weighted by molar-refractivity contribution is 0.0658. The summed E-state index contributed by atoms with van der Waals surface area (Å²) in [6.07, 6.45) is 7.40. The number of carbonyl (C=O) groups excluding carboxylic acids is 2. The van der Waals surface area contributed by atoms with Gasteiger partial charge in [-0.25, -0.2) is 14.8 Å². The van der Waals surface area contributed by atoms with E-state index < -0.39 is 0 Å². The van der Waals surface area contributed by atoms with E-state index in [9.17, 15) is 9.59 Å². The predicted octanol–water partition coefficient (Wildman–Crippen LogP) is 2.59. The number of rotatable bonds is 4. The minimum atomic E-state index is -0.241. The second-order valence-corrected chi connectivity index (χ2v) is 8.01. The number of anilines is 1. The number of nitrogens with one attached hydrogen (secondary N) is 1. The number of amides is 2. The van der Waals surface area contributed by atoms with E-state index in [1.54, 1.807) is 4.90 Å². The average Bonchev–Trinajstić information content (AvgIpc) is 3.05. The Hall–Kier alpha value is -2.80. The summed E-state index contributed by atoms with van der Waals surface area (Å²) in [5.41, 5.74) is 1.69. The highest BCUT2D eigenvalue weighted by atomic mass is 16.2. The molecule has 7 heteroatoms. The largest absolute Gasteiger partial charge is 0.330 e. The summed E-state index contributed by atoms with van der Waals surface area (Å²) in [5.74, 6) is 0.120.